The molecule has 2 aromatic rings. The SMILES string of the molecule is CNCC(=O)N[C@@H]1C[C@H](C)CN(c2ccc(C#N)c3ncccc23)C1. The van der Waals surface area contributed by atoms with Gasteiger partial charge in [0.15, 0.2) is 0 Å². The molecule has 130 valence electrons. The average Bonchev–Trinajstić information content (AvgIpc) is 2.60. The Morgan fingerprint density at radius 2 is 2.24 bits per heavy atom. The van der Waals surface area contributed by atoms with Gasteiger partial charge in [0.2, 0.25) is 5.91 Å². The summed E-state index contributed by atoms with van der Waals surface area (Å²) in [6, 6.07) is 10.1. The van der Waals surface area contributed by atoms with E-state index in [0.29, 0.717) is 18.0 Å². The summed E-state index contributed by atoms with van der Waals surface area (Å²) in [6.45, 7) is 4.21. The lowest BCUT2D eigenvalue weighted by Crippen LogP contribution is -2.51. The lowest BCUT2D eigenvalue weighted by atomic mass is 9.94. The Hall–Kier alpha value is -2.65. The molecule has 0 spiro atoms. The van der Waals surface area contributed by atoms with E-state index in [0.717, 1.165) is 36.1 Å². The van der Waals surface area contributed by atoms with Crippen molar-refractivity contribution in [3.05, 3.63) is 36.0 Å². The maximum atomic E-state index is 11.9. The first-order valence-electron chi connectivity index (χ1n) is 8.59. The zero-order valence-corrected chi connectivity index (χ0v) is 14.6. The number of carbonyl (C=O) groups excluding carboxylic acids is 1. The Balaban J connectivity index is 1.89. The monoisotopic (exact) mass is 337 g/mol. The standard InChI is InChI=1S/C19H23N5O/c1-13-8-15(23-18(25)10-21-2)12-24(11-13)17-6-5-14(9-20)19-16(17)4-3-7-22-19/h3-7,13,15,21H,8,10-12H2,1-2H3,(H,23,25)/t13-,15+/m0/s1. The van der Waals surface area contributed by atoms with Crippen molar-refractivity contribution in [2.45, 2.75) is 19.4 Å². The number of benzene rings is 1. The second-order valence-electron chi connectivity index (χ2n) is 6.68. The summed E-state index contributed by atoms with van der Waals surface area (Å²) < 4.78 is 0. The van der Waals surface area contributed by atoms with E-state index in [1.54, 1.807) is 13.2 Å². The van der Waals surface area contributed by atoms with Gasteiger partial charge in [-0.15, -0.1) is 0 Å². The van der Waals surface area contributed by atoms with Gasteiger partial charge in [-0.25, -0.2) is 0 Å². The van der Waals surface area contributed by atoms with Crippen LogP contribution < -0.4 is 15.5 Å². The molecule has 1 amide bonds. The molecular formula is C19H23N5O. The van der Waals surface area contributed by atoms with Crippen LogP contribution in [0.15, 0.2) is 30.5 Å². The highest BCUT2D eigenvalue weighted by atomic mass is 16.2. The number of fused-ring (bicyclic) bond motifs is 1. The Kier molecular flexibility index (Phi) is 5.15. The maximum absolute atomic E-state index is 11.9. The third-order valence-electron chi connectivity index (χ3n) is 4.57. The molecule has 0 saturated carbocycles. The topological polar surface area (TPSA) is 81.0 Å². The second kappa shape index (κ2) is 7.49. The minimum atomic E-state index is 0.0212. The molecule has 0 aliphatic carbocycles. The van der Waals surface area contributed by atoms with E-state index in [1.165, 1.54) is 0 Å². The van der Waals surface area contributed by atoms with Gasteiger partial charge in [-0.3, -0.25) is 9.78 Å². The molecule has 0 radical (unpaired) electrons. The predicted molar refractivity (Wildman–Crippen MR) is 98.3 cm³/mol. The van der Waals surface area contributed by atoms with Crippen molar-refractivity contribution in [3.63, 3.8) is 0 Å². The summed E-state index contributed by atoms with van der Waals surface area (Å²) >= 11 is 0. The number of anilines is 1. The summed E-state index contributed by atoms with van der Waals surface area (Å²) in [5.74, 6) is 0.490. The van der Waals surface area contributed by atoms with E-state index in [4.69, 9.17) is 0 Å². The van der Waals surface area contributed by atoms with Crippen molar-refractivity contribution in [2.24, 2.45) is 5.92 Å². The van der Waals surface area contributed by atoms with Crippen LogP contribution in [0.4, 0.5) is 5.69 Å². The minimum absolute atomic E-state index is 0.0212. The molecule has 0 unspecified atom stereocenters. The lowest BCUT2D eigenvalue weighted by molar-refractivity contribution is -0.120. The Labute approximate surface area is 147 Å². The van der Waals surface area contributed by atoms with Gasteiger partial charge in [0.25, 0.3) is 0 Å². The van der Waals surface area contributed by atoms with Gasteiger partial charge >= 0.3 is 0 Å². The average molecular weight is 337 g/mol. The van der Waals surface area contributed by atoms with Gasteiger partial charge in [0.05, 0.1) is 17.6 Å². The summed E-state index contributed by atoms with van der Waals surface area (Å²) in [6.07, 6.45) is 2.69. The molecule has 3 rings (SSSR count). The number of amides is 1. The minimum Gasteiger partial charge on any atom is -0.369 e. The fourth-order valence-electron chi connectivity index (χ4n) is 3.62. The predicted octanol–water partition coefficient (Wildman–Crippen LogP) is 1.66. The summed E-state index contributed by atoms with van der Waals surface area (Å²) in [5.41, 5.74) is 2.39. The maximum Gasteiger partial charge on any atom is 0.234 e. The lowest BCUT2D eigenvalue weighted by Gasteiger charge is -2.38. The van der Waals surface area contributed by atoms with E-state index in [1.807, 2.05) is 24.3 Å². The van der Waals surface area contributed by atoms with Crippen molar-refractivity contribution in [1.82, 2.24) is 15.6 Å². The van der Waals surface area contributed by atoms with Crippen LogP contribution in [-0.2, 0) is 4.79 Å². The van der Waals surface area contributed by atoms with Crippen LogP contribution in [0, 0.1) is 17.2 Å². The zero-order valence-electron chi connectivity index (χ0n) is 14.6. The first-order chi connectivity index (χ1) is 12.1. The number of piperidine rings is 1. The number of rotatable bonds is 4. The highest BCUT2D eigenvalue weighted by Crippen LogP contribution is 2.31. The number of nitrogens with zero attached hydrogens (tertiary/aromatic N) is 3. The quantitative estimate of drug-likeness (QED) is 0.887. The van der Waals surface area contributed by atoms with Crippen LogP contribution in [0.3, 0.4) is 0 Å². The molecule has 6 heteroatoms. The molecule has 2 atom stereocenters. The Morgan fingerprint density at radius 3 is 3.00 bits per heavy atom. The van der Waals surface area contributed by atoms with Crippen molar-refractivity contribution in [1.29, 1.82) is 5.26 Å². The third kappa shape index (κ3) is 3.72. The Morgan fingerprint density at radius 1 is 1.40 bits per heavy atom. The van der Waals surface area contributed by atoms with Crippen LogP contribution in [0.1, 0.15) is 18.9 Å². The second-order valence-corrected chi connectivity index (χ2v) is 6.68. The van der Waals surface area contributed by atoms with Crippen molar-refractivity contribution in [3.8, 4) is 6.07 Å². The number of nitrogens with one attached hydrogen (secondary N) is 2. The third-order valence-corrected chi connectivity index (χ3v) is 4.57. The van der Waals surface area contributed by atoms with Crippen LogP contribution >= 0.6 is 0 Å². The van der Waals surface area contributed by atoms with Crippen molar-refractivity contribution >= 4 is 22.5 Å². The van der Waals surface area contributed by atoms with E-state index in [2.05, 4.69) is 33.5 Å². The van der Waals surface area contributed by atoms with Crippen LogP contribution in [-0.4, -0.2) is 43.6 Å². The van der Waals surface area contributed by atoms with Gasteiger partial charge in [-0.05, 0) is 43.7 Å². The van der Waals surface area contributed by atoms with Gasteiger partial charge < -0.3 is 15.5 Å². The first kappa shape index (κ1) is 17.2. The molecule has 1 aliphatic heterocycles. The number of likely N-dealkylation sites (N-methyl/N-ethyl adjacent to an activating group) is 1. The smallest absolute Gasteiger partial charge is 0.234 e. The first-order valence-corrected chi connectivity index (χ1v) is 8.59. The molecule has 1 saturated heterocycles. The highest BCUT2D eigenvalue weighted by Gasteiger charge is 2.27. The normalized spacial score (nSPS) is 20.3. The molecule has 0 bridgehead atoms. The molecule has 25 heavy (non-hydrogen) atoms. The van der Waals surface area contributed by atoms with Gasteiger partial charge in [0.1, 0.15) is 6.07 Å². The molecular weight excluding hydrogens is 314 g/mol. The zero-order chi connectivity index (χ0) is 17.8. The largest absolute Gasteiger partial charge is 0.369 e. The fourth-order valence-corrected chi connectivity index (χ4v) is 3.62. The van der Waals surface area contributed by atoms with Crippen molar-refractivity contribution < 1.29 is 4.79 Å². The summed E-state index contributed by atoms with van der Waals surface area (Å²) in [4.78, 5) is 18.6. The van der Waals surface area contributed by atoms with E-state index in [9.17, 15) is 10.1 Å². The molecule has 2 heterocycles. The van der Waals surface area contributed by atoms with Gasteiger partial charge in [0, 0.05) is 36.4 Å². The van der Waals surface area contributed by atoms with Crippen molar-refractivity contribution in [2.75, 3.05) is 31.6 Å². The number of hydrogen-bond acceptors (Lipinski definition) is 5. The van der Waals surface area contributed by atoms with E-state index < -0.39 is 0 Å². The number of pyridine rings is 1. The summed E-state index contributed by atoms with van der Waals surface area (Å²) in [7, 11) is 1.77. The van der Waals surface area contributed by atoms with Gasteiger partial charge in [-0.1, -0.05) is 6.92 Å². The van der Waals surface area contributed by atoms with Crippen LogP contribution in [0.2, 0.25) is 0 Å². The number of hydrogen-bond donors (Lipinski definition) is 2. The number of carbonyl (C=O) groups is 1. The molecule has 1 aliphatic rings. The van der Waals surface area contributed by atoms with Crippen LogP contribution in [0.25, 0.3) is 10.9 Å². The summed E-state index contributed by atoms with van der Waals surface area (Å²) in [5, 5.41) is 16.3. The van der Waals surface area contributed by atoms with Gasteiger partial charge in [-0.2, -0.15) is 5.26 Å². The molecule has 2 N–H and O–H groups in total. The molecule has 1 aromatic carbocycles. The Bertz CT molecular complexity index is 813. The number of aromatic nitrogens is 1. The number of nitriles is 1. The van der Waals surface area contributed by atoms with E-state index >= 15 is 0 Å². The molecule has 6 nitrogen and oxygen atoms in total. The van der Waals surface area contributed by atoms with Crippen LogP contribution in [0.5, 0.6) is 0 Å². The van der Waals surface area contributed by atoms with E-state index in [-0.39, 0.29) is 11.9 Å². The molecule has 1 aromatic heterocycles. The fraction of sp³-hybridized carbons (Fsp3) is 0.421. The highest BCUT2D eigenvalue weighted by molar-refractivity contribution is 5.95. The molecule has 1 fully saturated rings.